The molecule has 1 aromatic heterocycles. The van der Waals surface area contributed by atoms with Crippen molar-refractivity contribution in [2.45, 2.75) is 39.2 Å². The minimum absolute atomic E-state index is 0.626. The van der Waals surface area contributed by atoms with Crippen LogP contribution in [0.2, 0.25) is 0 Å². The molecule has 0 amide bonds. The van der Waals surface area contributed by atoms with Crippen LogP contribution >= 0.6 is 11.3 Å². The monoisotopic (exact) mass is 184 g/mol. The van der Waals surface area contributed by atoms with Gasteiger partial charge in [-0.3, -0.25) is 0 Å². The summed E-state index contributed by atoms with van der Waals surface area (Å²) in [6.07, 6.45) is 1.85. The van der Waals surface area contributed by atoms with E-state index >= 15 is 0 Å². The summed E-state index contributed by atoms with van der Waals surface area (Å²) in [7, 11) is 0. The van der Waals surface area contributed by atoms with Crippen LogP contribution in [-0.2, 0) is 5.60 Å². The number of rotatable bonds is 3. The van der Waals surface area contributed by atoms with Crippen LogP contribution in [0.25, 0.3) is 0 Å². The van der Waals surface area contributed by atoms with Crippen LogP contribution in [0.3, 0.4) is 0 Å². The number of aryl methyl sites for hydroxylation is 1. The van der Waals surface area contributed by atoms with Crippen molar-refractivity contribution in [3.05, 3.63) is 21.9 Å². The van der Waals surface area contributed by atoms with E-state index in [-0.39, 0.29) is 0 Å². The number of thiophene rings is 1. The molecular weight excluding hydrogens is 168 g/mol. The molecule has 68 valence electrons. The maximum atomic E-state index is 10.1. The molecule has 0 aromatic carbocycles. The molecule has 0 fully saturated rings. The molecule has 1 aromatic rings. The van der Waals surface area contributed by atoms with Crippen LogP contribution in [-0.4, -0.2) is 5.11 Å². The van der Waals surface area contributed by atoms with Gasteiger partial charge in [-0.15, -0.1) is 11.3 Å². The van der Waals surface area contributed by atoms with E-state index in [9.17, 15) is 5.11 Å². The molecule has 1 nitrogen and oxygen atoms in total. The van der Waals surface area contributed by atoms with E-state index in [0.29, 0.717) is 0 Å². The Morgan fingerprint density at radius 2 is 2.25 bits per heavy atom. The molecule has 12 heavy (non-hydrogen) atoms. The second-order valence-electron chi connectivity index (χ2n) is 3.41. The van der Waals surface area contributed by atoms with Gasteiger partial charge in [0.25, 0.3) is 0 Å². The first-order chi connectivity index (χ1) is 5.58. The van der Waals surface area contributed by atoms with Crippen LogP contribution < -0.4 is 0 Å². The molecule has 0 aliphatic heterocycles. The fourth-order valence-electron chi connectivity index (χ4n) is 1.57. The summed E-state index contributed by atoms with van der Waals surface area (Å²) < 4.78 is 0. The van der Waals surface area contributed by atoms with Crippen molar-refractivity contribution >= 4 is 11.3 Å². The van der Waals surface area contributed by atoms with Gasteiger partial charge in [-0.2, -0.15) is 0 Å². The maximum Gasteiger partial charge on any atom is 0.0879 e. The summed E-state index contributed by atoms with van der Waals surface area (Å²) in [4.78, 5) is 1.23. The molecule has 1 rings (SSSR count). The lowest BCUT2D eigenvalue weighted by Gasteiger charge is -2.22. The highest BCUT2D eigenvalue weighted by Crippen LogP contribution is 2.31. The third-order valence-corrected chi connectivity index (χ3v) is 3.02. The third kappa shape index (κ3) is 1.87. The van der Waals surface area contributed by atoms with Crippen molar-refractivity contribution in [1.82, 2.24) is 0 Å². The van der Waals surface area contributed by atoms with Crippen molar-refractivity contribution in [1.29, 1.82) is 0 Å². The highest BCUT2D eigenvalue weighted by molar-refractivity contribution is 7.10. The molecule has 1 unspecified atom stereocenters. The van der Waals surface area contributed by atoms with Crippen LogP contribution in [0.4, 0.5) is 0 Å². The van der Waals surface area contributed by atoms with Gasteiger partial charge in [0.2, 0.25) is 0 Å². The Morgan fingerprint density at radius 3 is 2.67 bits per heavy atom. The molecule has 0 spiro atoms. The van der Waals surface area contributed by atoms with Gasteiger partial charge >= 0.3 is 0 Å². The number of hydrogen-bond acceptors (Lipinski definition) is 2. The standard InChI is InChI=1S/C10H16OS/c1-4-6-10(3,11)9-5-7-12-8(9)2/h5,7,11H,4,6H2,1-3H3. The quantitative estimate of drug-likeness (QED) is 0.765. The minimum Gasteiger partial charge on any atom is -0.385 e. The van der Waals surface area contributed by atoms with Gasteiger partial charge in [-0.1, -0.05) is 13.3 Å². The summed E-state index contributed by atoms with van der Waals surface area (Å²) >= 11 is 1.70. The van der Waals surface area contributed by atoms with E-state index in [1.807, 2.05) is 18.4 Å². The van der Waals surface area contributed by atoms with Crippen molar-refractivity contribution < 1.29 is 5.11 Å². The van der Waals surface area contributed by atoms with E-state index < -0.39 is 5.60 Å². The molecule has 0 radical (unpaired) electrons. The first-order valence-corrected chi connectivity index (χ1v) is 5.23. The zero-order valence-electron chi connectivity index (χ0n) is 7.92. The van der Waals surface area contributed by atoms with Gasteiger partial charge in [0.05, 0.1) is 5.60 Å². The summed E-state index contributed by atoms with van der Waals surface area (Å²) in [6.45, 7) is 6.05. The summed E-state index contributed by atoms with van der Waals surface area (Å²) in [5, 5.41) is 12.1. The molecule has 0 saturated heterocycles. The molecule has 1 heterocycles. The minimum atomic E-state index is -0.626. The van der Waals surface area contributed by atoms with E-state index in [1.54, 1.807) is 11.3 Å². The predicted octanol–water partition coefficient (Wildman–Crippen LogP) is 3.06. The fourth-order valence-corrected chi connectivity index (χ4v) is 2.39. The molecule has 0 aliphatic rings. The Labute approximate surface area is 78.1 Å². The van der Waals surface area contributed by atoms with Gasteiger partial charge in [0.1, 0.15) is 0 Å². The second-order valence-corrected chi connectivity index (χ2v) is 4.53. The highest BCUT2D eigenvalue weighted by Gasteiger charge is 2.23. The lowest BCUT2D eigenvalue weighted by Crippen LogP contribution is -2.20. The Bertz CT molecular complexity index is 250. The molecule has 0 saturated carbocycles. The first-order valence-electron chi connectivity index (χ1n) is 4.35. The zero-order valence-corrected chi connectivity index (χ0v) is 8.74. The summed E-state index contributed by atoms with van der Waals surface area (Å²) in [6, 6.07) is 2.02. The summed E-state index contributed by atoms with van der Waals surface area (Å²) in [5.74, 6) is 0. The van der Waals surface area contributed by atoms with Gasteiger partial charge in [0.15, 0.2) is 0 Å². The molecule has 0 aliphatic carbocycles. The molecule has 1 N–H and O–H groups in total. The molecule has 0 bridgehead atoms. The molecule has 1 atom stereocenters. The first kappa shape index (κ1) is 9.75. The second kappa shape index (κ2) is 3.58. The van der Waals surface area contributed by atoms with E-state index in [0.717, 1.165) is 18.4 Å². The van der Waals surface area contributed by atoms with Gasteiger partial charge in [-0.05, 0) is 37.3 Å². The van der Waals surface area contributed by atoms with Crippen LogP contribution in [0.15, 0.2) is 11.4 Å². The Kier molecular flexibility index (Phi) is 2.91. The van der Waals surface area contributed by atoms with E-state index in [4.69, 9.17) is 0 Å². The fraction of sp³-hybridized carbons (Fsp3) is 0.600. The Morgan fingerprint density at radius 1 is 1.58 bits per heavy atom. The smallest absolute Gasteiger partial charge is 0.0879 e. The van der Waals surface area contributed by atoms with Crippen LogP contribution in [0, 0.1) is 6.92 Å². The summed E-state index contributed by atoms with van der Waals surface area (Å²) in [5.41, 5.74) is 0.466. The van der Waals surface area contributed by atoms with E-state index in [1.165, 1.54) is 4.88 Å². The van der Waals surface area contributed by atoms with Crippen molar-refractivity contribution in [3.8, 4) is 0 Å². The maximum absolute atomic E-state index is 10.1. The average molecular weight is 184 g/mol. The van der Waals surface area contributed by atoms with Crippen molar-refractivity contribution in [3.63, 3.8) is 0 Å². The average Bonchev–Trinajstić information content (AvgIpc) is 2.35. The largest absolute Gasteiger partial charge is 0.385 e. The number of aliphatic hydroxyl groups is 1. The predicted molar refractivity (Wildman–Crippen MR) is 53.5 cm³/mol. The molecular formula is C10H16OS. The number of hydrogen-bond donors (Lipinski definition) is 1. The van der Waals surface area contributed by atoms with Gasteiger partial charge in [0, 0.05) is 4.88 Å². The van der Waals surface area contributed by atoms with Crippen LogP contribution in [0.1, 0.15) is 37.1 Å². The zero-order chi connectivity index (χ0) is 9.19. The van der Waals surface area contributed by atoms with Crippen molar-refractivity contribution in [2.24, 2.45) is 0 Å². The molecule has 2 heteroatoms. The normalized spacial score (nSPS) is 16.0. The van der Waals surface area contributed by atoms with Crippen LogP contribution in [0.5, 0.6) is 0 Å². The lowest BCUT2D eigenvalue weighted by atomic mass is 9.92. The third-order valence-electron chi connectivity index (χ3n) is 2.18. The highest BCUT2D eigenvalue weighted by atomic mass is 32.1. The van der Waals surface area contributed by atoms with Crippen molar-refractivity contribution in [2.75, 3.05) is 0 Å². The van der Waals surface area contributed by atoms with Gasteiger partial charge in [-0.25, -0.2) is 0 Å². The Balaban J connectivity index is 2.88. The van der Waals surface area contributed by atoms with Gasteiger partial charge < -0.3 is 5.11 Å². The van der Waals surface area contributed by atoms with E-state index in [2.05, 4.69) is 13.8 Å². The Hall–Kier alpha value is -0.340. The topological polar surface area (TPSA) is 20.2 Å². The lowest BCUT2D eigenvalue weighted by molar-refractivity contribution is 0.0468. The SMILES string of the molecule is CCCC(C)(O)c1ccsc1C.